The van der Waals surface area contributed by atoms with Crippen molar-refractivity contribution in [2.45, 2.75) is 0 Å². The van der Waals surface area contributed by atoms with Gasteiger partial charge in [0, 0.05) is 10.0 Å². The van der Waals surface area contributed by atoms with E-state index in [-0.39, 0.29) is 5.91 Å². The minimum atomic E-state index is -0.0707. The number of carbonyl (C=O) groups is 1. The molecular formula is C10H6BrCl2N3OS. The molecule has 4 nitrogen and oxygen atoms in total. The first kappa shape index (κ1) is 13.9. The maximum atomic E-state index is 10.9. The summed E-state index contributed by atoms with van der Waals surface area (Å²) in [6.07, 6.45) is 1.48. The molecule has 2 rings (SSSR count). The number of hydrogen-bond donors (Lipinski definition) is 1. The third-order valence-corrected chi connectivity index (χ3v) is 4.65. The summed E-state index contributed by atoms with van der Waals surface area (Å²) in [7, 11) is 0. The highest BCUT2D eigenvalue weighted by Crippen LogP contribution is 2.32. The van der Waals surface area contributed by atoms with Crippen molar-refractivity contribution in [3.8, 4) is 0 Å². The van der Waals surface area contributed by atoms with E-state index in [0.29, 0.717) is 26.5 Å². The predicted molar refractivity (Wildman–Crippen MR) is 79.8 cm³/mol. The molecule has 0 spiro atoms. The van der Waals surface area contributed by atoms with Crippen LogP contribution in [-0.2, 0) is 4.79 Å². The Labute approximate surface area is 126 Å². The molecule has 1 amide bonds. The summed E-state index contributed by atoms with van der Waals surface area (Å²) in [5.74, 6) is 0.304. The Bertz CT molecular complexity index is 562. The average molecular weight is 367 g/mol. The minimum Gasteiger partial charge on any atom is -0.303 e. The fourth-order valence-electron chi connectivity index (χ4n) is 1.16. The van der Waals surface area contributed by atoms with Crippen LogP contribution in [0.4, 0.5) is 0 Å². The van der Waals surface area contributed by atoms with Crippen LogP contribution in [0.15, 0.2) is 26.8 Å². The molecule has 0 unspecified atom stereocenters. The van der Waals surface area contributed by atoms with E-state index in [4.69, 9.17) is 23.2 Å². The number of carbonyl (C=O) groups excluding carboxylic acids is 1. The molecular weight excluding hydrogens is 361 g/mol. The van der Waals surface area contributed by atoms with Crippen LogP contribution in [0.3, 0.4) is 0 Å². The number of amidine groups is 1. The Morgan fingerprint density at radius 1 is 1.39 bits per heavy atom. The summed E-state index contributed by atoms with van der Waals surface area (Å²) in [4.78, 5) is 10.9. The Kier molecular flexibility index (Phi) is 4.66. The maximum absolute atomic E-state index is 10.9. The second-order valence-electron chi connectivity index (χ2n) is 3.25. The van der Waals surface area contributed by atoms with Gasteiger partial charge in [-0.05, 0) is 22.0 Å². The first-order valence-electron chi connectivity index (χ1n) is 4.75. The van der Waals surface area contributed by atoms with Gasteiger partial charge in [0.15, 0.2) is 5.17 Å². The lowest BCUT2D eigenvalue weighted by Gasteiger charge is -2.01. The number of hydrogen-bond acceptors (Lipinski definition) is 4. The largest absolute Gasteiger partial charge is 0.303 e. The fourth-order valence-corrected chi connectivity index (χ4v) is 2.62. The third kappa shape index (κ3) is 3.26. The lowest BCUT2D eigenvalue weighted by Crippen LogP contribution is -2.19. The molecule has 0 aliphatic carbocycles. The van der Waals surface area contributed by atoms with Crippen molar-refractivity contribution < 1.29 is 4.79 Å². The Hall–Kier alpha value is -0.560. The van der Waals surface area contributed by atoms with Gasteiger partial charge in [0.25, 0.3) is 0 Å². The summed E-state index contributed by atoms with van der Waals surface area (Å²) in [6.45, 7) is 0. The Morgan fingerprint density at radius 2 is 2.17 bits per heavy atom. The molecule has 1 saturated heterocycles. The molecule has 0 aromatic heterocycles. The van der Waals surface area contributed by atoms with E-state index >= 15 is 0 Å². The molecule has 0 radical (unpaired) electrons. The second kappa shape index (κ2) is 6.06. The normalized spacial score (nSPS) is 17.7. The highest BCUT2D eigenvalue weighted by Gasteiger charge is 2.16. The van der Waals surface area contributed by atoms with Gasteiger partial charge in [0.1, 0.15) is 0 Å². The zero-order valence-corrected chi connectivity index (χ0v) is 12.7. The quantitative estimate of drug-likeness (QED) is 0.496. The van der Waals surface area contributed by atoms with Gasteiger partial charge in [-0.3, -0.25) is 4.79 Å². The zero-order chi connectivity index (χ0) is 13.1. The smallest absolute Gasteiger partial charge is 0.236 e. The molecule has 0 saturated carbocycles. The monoisotopic (exact) mass is 365 g/mol. The van der Waals surface area contributed by atoms with Gasteiger partial charge in [-0.15, -0.1) is 5.10 Å². The highest BCUT2D eigenvalue weighted by atomic mass is 79.9. The van der Waals surface area contributed by atoms with Gasteiger partial charge in [0.2, 0.25) is 5.91 Å². The highest BCUT2D eigenvalue weighted by molar-refractivity contribution is 9.10. The van der Waals surface area contributed by atoms with Gasteiger partial charge >= 0.3 is 0 Å². The Morgan fingerprint density at radius 3 is 2.83 bits per heavy atom. The molecule has 8 heteroatoms. The summed E-state index contributed by atoms with van der Waals surface area (Å²) in [5.41, 5.74) is 0.656. The Balaban J connectivity index is 2.15. The van der Waals surface area contributed by atoms with Crippen LogP contribution in [0, 0.1) is 0 Å². The molecule has 1 aromatic rings. The van der Waals surface area contributed by atoms with Crippen LogP contribution in [0.25, 0.3) is 0 Å². The van der Waals surface area contributed by atoms with E-state index in [1.54, 1.807) is 12.1 Å². The van der Waals surface area contributed by atoms with Gasteiger partial charge in [-0.1, -0.05) is 41.0 Å². The van der Waals surface area contributed by atoms with Crippen LogP contribution < -0.4 is 5.32 Å². The van der Waals surface area contributed by atoms with E-state index in [1.165, 1.54) is 18.0 Å². The van der Waals surface area contributed by atoms with Crippen LogP contribution >= 0.6 is 50.9 Å². The van der Waals surface area contributed by atoms with Crippen molar-refractivity contribution in [3.05, 3.63) is 32.2 Å². The number of benzene rings is 1. The minimum absolute atomic E-state index is 0.0707. The summed E-state index contributed by atoms with van der Waals surface area (Å²) >= 11 is 16.6. The van der Waals surface area contributed by atoms with Crippen molar-refractivity contribution in [2.24, 2.45) is 10.2 Å². The predicted octanol–water partition coefficient (Wildman–Crippen LogP) is 3.31. The van der Waals surface area contributed by atoms with Gasteiger partial charge in [0.05, 0.1) is 22.0 Å². The number of rotatable bonds is 2. The summed E-state index contributed by atoms with van der Waals surface area (Å²) in [6, 6.07) is 3.54. The average Bonchev–Trinajstić information content (AvgIpc) is 2.75. The topological polar surface area (TPSA) is 53.8 Å². The van der Waals surface area contributed by atoms with E-state index in [0.717, 1.165) is 4.47 Å². The number of nitrogens with zero attached hydrogens (tertiary/aromatic N) is 2. The first-order valence-corrected chi connectivity index (χ1v) is 7.28. The van der Waals surface area contributed by atoms with E-state index in [1.807, 2.05) is 0 Å². The van der Waals surface area contributed by atoms with Gasteiger partial charge in [-0.2, -0.15) is 5.10 Å². The second-order valence-corrected chi connectivity index (χ2v) is 5.83. The number of thioether (sulfide) groups is 1. The SMILES string of the molecule is O=C1CSC(=NN=Cc2ccc(Br)c(Cl)c2Cl)N1. The van der Waals surface area contributed by atoms with Crippen LogP contribution in [-0.4, -0.2) is 23.0 Å². The number of halogens is 3. The number of amides is 1. The molecule has 1 aliphatic heterocycles. The standard InChI is InChI=1S/C10H6BrCl2N3OS/c11-6-2-1-5(8(12)9(6)13)3-14-16-10-15-7(17)4-18-10/h1-3H,4H2,(H,15,16,17). The molecule has 1 aromatic carbocycles. The maximum Gasteiger partial charge on any atom is 0.236 e. The lowest BCUT2D eigenvalue weighted by molar-refractivity contribution is -0.116. The summed E-state index contributed by atoms with van der Waals surface area (Å²) in [5, 5.41) is 11.6. The van der Waals surface area contributed by atoms with E-state index < -0.39 is 0 Å². The van der Waals surface area contributed by atoms with Crippen molar-refractivity contribution >= 4 is 68.2 Å². The van der Waals surface area contributed by atoms with Crippen LogP contribution in [0.5, 0.6) is 0 Å². The molecule has 1 fully saturated rings. The molecule has 0 bridgehead atoms. The van der Waals surface area contributed by atoms with Crippen molar-refractivity contribution in [3.63, 3.8) is 0 Å². The third-order valence-electron chi connectivity index (χ3n) is 2.00. The lowest BCUT2D eigenvalue weighted by atomic mass is 10.2. The molecule has 94 valence electrons. The summed E-state index contributed by atoms with van der Waals surface area (Å²) < 4.78 is 0.719. The van der Waals surface area contributed by atoms with Crippen molar-refractivity contribution in [1.29, 1.82) is 0 Å². The van der Waals surface area contributed by atoms with Gasteiger partial charge < -0.3 is 5.32 Å². The van der Waals surface area contributed by atoms with Crippen molar-refractivity contribution in [1.82, 2.24) is 5.32 Å². The molecule has 1 N–H and O–H groups in total. The van der Waals surface area contributed by atoms with E-state index in [9.17, 15) is 4.79 Å². The molecule has 0 atom stereocenters. The molecule has 1 aliphatic rings. The van der Waals surface area contributed by atoms with Crippen molar-refractivity contribution in [2.75, 3.05) is 5.75 Å². The fraction of sp³-hybridized carbons (Fsp3) is 0.100. The number of nitrogens with one attached hydrogen (secondary N) is 1. The zero-order valence-electron chi connectivity index (χ0n) is 8.78. The van der Waals surface area contributed by atoms with Crippen LogP contribution in [0.2, 0.25) is 10.0 Å². The molecule has 1 heterocycles. The first-order chi connectivity index (χ1) is 8.58. The molecule has 18 heavy (non-hydrogen) atoms. The van der Waals surface area contributed by atoms with Gasteiger partial charge in [-0.25, -0.2) is 0 Å². The van der Waals surface area contributed by atoms with Crippen LogP contribution in [0.1, 0.15) is 5.56 Å². The van der Waals surface area contributed by atoms with E-state index in [2.05, 4.69) is 31.4 Å².